The number of aliphatic hydroxyl groups is 1. The summed E-state index contributed by atoms with van der Waals surface area (Å²) < 4.78 is 46.9. The monoisotopic (exact) mass is 499 g/mol. The second kappa shape index (κ2) is 9.96. The van der Waals surface area contributed by atoms with Gasteiger partial charge in [-0.15, -0.1) is 13.2 Å². The summed E-state index contributed by atoms with van der Waals surface area (Å²) in [5.74, 6) is -1.85. The lowest BCUT2D eigenvalue weighted by Gasteiger charge is -2.33. The van der Waals surface area contributed by atoms with Gasteiger partial charge in [0.05, 0.1) is 41.5 Å². The zero-order valence-corrected chi connectivity index (χ0v) is 18.9. The minimum absolute atomic E-state index is 0.0342. The van der Waals surface area contributed by atoms with E-state index in [4.69, 9.17) is 4.74 Å². The average molecular weight is 499 g/mol. The number of carboxylic acid groups (broad SMARTS) is 1. The van der Waals surface area contributed by atoms with Gasteiger partial charge in [-0.2, -0.15) is 0 Å². The highest BCUT2D eigenvalue weighted by molar-refractivity contribution is 5.98. The van der Waals surface area contributed by atoms with Gasteiger partial charge in [-0.3, -0.25) is 10.1 Å². The lowest BCUT2D eigenvalue weighted by atomic mass is 10.0. The molecule has 0 unspecified atom stereocenters. The number of carbonyl (C=O) groups is 1. The molecule has 2 N–H and O–H groups in total. The second-order valence-corrected chi connectivity index (χ2v) is 8.46. The first kappa shape index (κ1) is 26.0. The minimum atomic E-state index is -4.90. The number of morpholine rings is 1. The molecule has 3 rings (SSSR count). The molecule has 35 heavy (non-hydrogen) atoms. The van der Waals surface area contributed by atoms with Crippen LogP contribution in [0.3, 0.4) is 0 Å². The molecule has 1 heterocycles. The third-order valence-corrected chi connectivity index (χ3v) is 5.09. The van der Waals surface area contributed by atoms with Crippen LogP contribution in [0.25, 0.3) is 0 Å². The van der Waals surface area contributed by atoms with Crippen LogP contribution < -0.4 is 14.5 Å². The number of benzene rings is 2. The minimum Gasteiger partial charge on any atom is -0.478 e. The molecule has 1 aliphatic heterocycles. The Hall–Kier alpha value is -3.58. The van der Waals surface area contributed by atoms with E-state index in [9.17, 15) is 38.3 Å². The van der Waals surface area contributed by atoms with Crippen molar-refractivity contribution in [3.8, 4) is 5.75 Å². The number of ether oxygens (including phenoxy) is 2. The summed E-state index contributed by atoms with van der Waals surface area (Å²) in [5.41, 5.74) is -1.80. The molecule has 1 aliphatic rings. The Balaban J connectivity index is 2.17. The first-order valence-electron chi connectivity index (χ1n) is 10.5. The molecule has 0 saturated carbocycles. The fourth-order valence-electron chi connectivity index (χ4n) is 3.70. The predicted octanol–water partition coefficient (Wildman–Crippen LogP) is 3.94. The van der Waals surface area contributed by atoms with Gasteiger partial charge >= 0.3 is 12.3 Å². The Morgan fingerprint density at radius 3 is 2.29 bits per heavy atom. The van der Waals surface area contributed by atoms with E-state index >= 15 is 0 Å². The van der Waals surface area contributed by atoms with E-state index in [0.29, 0.717) is 26.3 Å². The quantitative estimate of drug-likeness (QED) is 0.410. The van der Waals surface area contributed by atoms with Gasteiger partial charge in [-0.1, -0.05) is 0 Å². The predicted molar refractivity (Wildman–Crippen MR) is 120 cm³/mol. The zero-order valence-electron chi connectivity index (χ0n) is 18.9. The van der Waals surface area contributed by atoms with E-state index in [0.717, 1.165) is 18.2 Å². The van der Waals surface area contributed by atoms with Crippen molar-refractivity contribution in [1.82, 2.24) is 0 Å². The van der Waals surface area contributed by atoms with Crippen molar-refractivity contribution in [3.05, 3.63) is 52.1 Å². The van der Waals surface area contributed by atoms with E-state index in [2.05, 4.69) is 4.74 Å². The molecule has 0 atom stereocenters. The summed E-state index contributed by atoms with van der Waals surface area (Å²) >= 11 is 0. The van der Waals surface area contributed by atoms with Crippen molar-refractivity contribution < 1.29 is 42.6 Å². The van der Waals surface area contributed by atoms with E-state index in [-0.39, 0.29) is 29.2 Å². The zero-order chi connectivity index (χ0) is 26.0. The highest BCUT2D eigenvalue weighted by Crippen LogP contribution is 2.40. The Morgan fingerprint density at radius 1 is 1.20 bits per heavy atom. The van der Waals surface area contributed by atoms with Crippen LogP contribution in [0.4, 0.5) is 35.9 Å². The molecular formula is C22H24F3N3O7. The molecule has 0 aliphatic carbocycles. The summed E-state index contributed by atoms with van der Waals surface area (Å²) in [6.45, 7) is 4.10. The number of nitro benzene ring substituents is 1. The first-order chi connectivity index (χ1) is 16.2. The van der Waals surface area contributed by atoms with Gasteiger partial charge in [0.25, 0.3) is 5.69 Å². The van der Waals surface area contributed by atoms with Crippen LogP contribution in [0.2, 0.25) is 0 Å². The number of alkyl halides is 3. The van der Waals surface area contributed by atoms with E-state index in [1.54, 1.807) is 4.90 Å². The van der Waals surface area contributed by atoms with Gasteiger partial charge < -0.3 is 29.5 Å². The third-order valence-electron chi connectivity index (χ3n) is 5.09. The molecule has 0 bridgehead atoms. The van der Waals surface area contributed by atoms with Crippen LogP contribution in [-0.4, -0.2) is 65.9 Å². The fourth-order valence-corrected chi connectivity index (χ4v) is 3.70. The fraction of sp³-hybridized carbons (Fsp3) is 0.409. The van der Waals surface area contributed by atoms with Crippen LogP contribution in [0.15, 0.2) is 36.4 Å². The number of hydrogen-bond donors (Lipinski definition) is 2. The molecule has 2 aromatic rings. The summed E-state index contributed by atoms with van der Waals surface area (Å²) in [7, 11) is 0. The number of nitro groups is 1. The number of aromatic carboxylic acids is 1. The number of anilines is 3. The smallest absolute Gasteiger partial charge is 0.478 e. The highest BCUT2D eigenvalue weighted by Gasteiger charge is 2.33. The lowest BCUT2D eigenvalue weighted by molar-refractivity contribution is -0.384. The summed E-state index contributed by atoms with van der Waals surface area (Å²) in [6.07, 6.45) is -4.90. The van der Waals surface area contributed by atoms with Crippen molar-refractivity contribution in [2.45, 2.75) is 25.8 Å². The number of rotatable bonds is 8. The van der Waals surface area contributed by atoms with Crippen molar-refractivity contribution in [2.24, 2.45) is 0 Å². The maximum Gasteiger partial charge on any atom is 0.573 e. The normalized spacial score (nSPS) is 14.5. The molecule has 1 fully saturated rings. The van der Waals surface area contributed by atoms with Crippen molar-refractivity contribution in [3.63, 3.8) is 0 Å². The maximum atomic E-state index is 12.6. The van der Waals surface area contributed by atoms with Gasteiger partial charge in [-0.05, 0) is 44.2 Å². The van der Waals surface area contributed by atoms with Crippen LogP contribution in [0.5, 0.6) is 5.75 Å². The molecule has 13 heteroatoms. The molecule has 0 spiro atoms. The number of halogens is 3. The molecule has 190 valence electrons. The third kappa shape index (κ3) is 6.73. The van der Waals surface area contributed by atoms with Crippen LogP contribution in [-0.2, 0) is 4.74 Å². The standard InChI is InChI=1S/C22H24F3N3O7/c1-21(2,31)13-27(14-3-5-15(6-4-14)35-22(23,24)25)18-12-17(26-7-9-34-10-8-26)16(20(29)30)11-19(18)28(32)33/h3-6,11-12,31H,7-10,13H2,1-2H3,(H,29,30). The first-order valence-corrected chi connectivity index (χ1v) is 10.5. The van der Waals surface area contributed by atoms with Crippen molar-refractivity contribution in [1.29, 1.82) is 0 Å². The topological polar surface area (TPSA) is 126 Å². The van der Waals surface area contributed by atoms with Crippen LogP contribution >= 0.6 is 0 Å². The highest BCUT2D eigenvalue weighted by atomic mass is 19.4. The Kier molecular flexibility index (Phi) is 7.41. The lowest BCUT2D eigenvalue weighted by Crippen LogP contribution is -2.38. The average Bonchev–Trinajstić information content (AvgIpc) is 2.76. The van der Waals surface area contributed by atoms with Gasteiger partial charge in [-0.25, -0.2) is 4.79 Å². The molecular weight excluding hydrogens is 475 g/mol. The largest absolute Gasteiger partial charge is 0.573 e. The molecule has 1 saturated heterocycles. The Labute approximate surface area is 198 Å². The van der Waals surface area contributed by atoms with E-state index < -0.39 is 34.3 Å². The van der Waals surface area contributed by atoms with Gasteiger partial charge in [0.15, 0.2) is 0 Å². The van der Waals surface area contributed by atoms with Crippen LogP contribution in [0.1, 0.15) is 24.2 Å². The number of carboxylic acids is 1. The number of nitrogens with zero attached hydrogens (tertiary/aromatic N) is 3. The van der Waals surface area contributed by atoms with E-state index in [1.165, 1.54) is 36.9 Å². The van der Waals surface area contributed by atoms with E-state index in [1.807, 2.05) is 0 Å². The van der Waals surface area contributed by atoms with Crippen LogP contribution in [0, 0.1) is 10.1 Å². The van der Waals surface area contributed by atoms with Gasteiger partial charge in [0, 0.05) is 24.8 Å². The SMILES string of the molecule is CC(C)(O)CN(c1ccc(OC(F)(F)F)cc1)c1cc(N2CCOCC2)c(C(=O)O)cc1[N+](=O)[O-]. The molecule has 10 nitrogen and oxygen atoms in total. The van der Waals surface area contributed by atoms with Gasteiger partial charge in [0.1, 0.15) is 11.4 Å². The maximum absolute atomic E-state index is 12.6. The summed E-state index contributed by atoms with van der Waals surface area (Å²) in [6, 6.07) is 6.90. The second-order valence-electron chi connectivity index (χ2n) is 8.46. The van der Waals surface area contributed by atoms with Crippen molar-refractivity contribution in [2.75, 3.05) is 42.6 Å². The summed E-state index contributed by atoms with van der Waals surface area (Å²) in [4.78, 5) is 26.2. The summed E-state index contributed by atoms with van der Waals surface area (Å²) in [5, 5.41) is 32.2. The van der Waals surface area contributed by atoms with Gasteiger partial charge in [0.2, 0.25) is 0 Å². The molecule has 0 radical (unpaired) electrons. The molecule has 0 amide bonds. The molecule has 0 aromatic heterocycles. The Morgan fingerprint density at radius 2 is 1.80 bits per heavy atom. The van der Waals surface area contributed by atoms with Crippen molar-refractivity contribution >= 4 is 28.7 Å². The Bertz CT molecular complexity index is 1080. The number of hydrogen-bond acceptors (Lipinski definition) is 8. The molecule has 2 aromatic carbocycles.